The Morgan fingerprint density at radius 3 is 2.41 bits per heavy atom. The van der Waals surface area contributed by atoms with Gasteiger partial charge in [0.2, 0.25) is 10.0 Å². The molecule has 0 amide bonds. The maximum Gasteiger partial charge on any atom is 0.243 e. The Labute approximate surface area is 203 Å². The van der Waals surface area contributed by atoms with Crippen LogP contribution in [0.15, 0.2) is 71.6 Å². The lowest BCUT2D eigenvalue weighted by atomic mass is 10.1. The van der Waals surface area contributed by atoms with Gasteiger partial charge in [0.15, 0.2) is 5.78 Å². The van der Waals surface area contributed by atoms with Crippen molar-refractivity contribution in [2.45, 2.75) is 24.7 Å². The minimum Gasteiger partial charge on any atom is -0.378 e. The van der Waals surface area contributed by atoms with Crippen LogP contribution in [0.5, 0.6) is 0 Å². The van der Waals surface area contributed by atoms with Crippen molar-refractivity contribution in [3.8, 4) is 10.6 Å². The van der Waals surface area contributed by atoms with E-state index in [-0.39, 0.29) is 17.2 Å². The summed E-state index contributed by atoms with van der Waals surface area (Å²) in [6.07, 6.45) is 1.78. The molecule has 1 aliphatic heterocycles. The molecule has 174 valence electrons. The van der Waals surface area contributed by atoms with Crippen LogP contribution in [-0.2, 0) is 10.0 Å². The summed E-state index contributed by atoms with van der Waals surface area (Å²) in [5.41, 5.74) is 4.56. The normalized spacial score (nSPS) is 14.5. The standard InChI is InChI=1S/C26H25N3O3S2/c1-18-4-13-23-25(16-18)33-26(28-23)20-5-9-21(10-6-20)27-17-24(30)19-7-11-22(12-8-19)34(31,32)29-14-2-3-15-29/h4-13,16,27H,2-3,14-15,17H2,1H3. The second-order valence-electron chi connectivity index (χ2n) is 8.48. The monoisotopic (exact) mass is 491 g/mol. The summed E-state index contributed by atoms with van der Waals surface area (Å²) in [6, 6.07) is 20.3. The van der Waals surface area contributed by atoms with Crippen molar-refractivity contribution in [3.63, 3.8) is 0 Å². The van der Waals surface area contributed by atoms with E-state index in [1.54, 1.807) is 23.5 Å². The number of hydrogen-bond donors (Lipinski definition) is 1. The van der Waals surface area contributed by atoms with Gasteiger partial charge in [0, 0.05) is 29.9 Å². The Hall–Kier alpha value is -3.07. The summed E-state index contributed by atoms with van der Waals surface area (Å²) in [4.78, 5) is 17.6. The van der Waals surface area contributed by atoms with Crippen molar-refractivity contribution in [1.29, 1.82) is 0 Å². The highest BCUT2D eigenvalue weighted by molar-refractivity contribution is 7.89. The quantitative estimate of drug-likeness (QED) is 0.353. The average Bonchev–Trinajstić information content (AvgIpc) is 3.53. The number of hydrogen-bond acceptors (Lipinski definition) is 6. The zero-order valence-electron chi connectivity index (χ0n) is 18.8. The Bertz CT molecular complexity index is 1440. The number of carbonyl (C=O) groups is 1. The van der Waals surface area contributed by atoms with E-state index >= 15 is 0 Å². The first kappa shape index (κ1) is 22.7. The molecule has 1 aromatic heterocycles. The van der Waals surface area contributed by atoms with Crippen LogP contribution in [0.1, 0.15) is 28.8 Å². The number of nitrogens with zero attached hydrogens (tertiary/aromatic N) is 2. The Kier molecular flexibility index (Phi) is 6.20. The van der Waals surface area contributed by atoms with Gasteiger partial charge in [-0.15, -0.1) is 11.3 Å². The summed E-state index contributed by atoms with van der Waals surface area (Å²) in [6.45, 7) is 3.32. The molecule has 1 fully saturated rings. The van der Waals surface area contributed by atoms with E-state index in [2.05, 4.69) is 24.4 Å². The fourth-order valence-corrected chi connectivity index (χ4v) is 6.65. The van der Waals surface area contributed by atoms with Gasteiger partial charge in [-0.1, -0.05) is 6.07 Å². The topological polar surface area (TPSA) is 79.4 Å². The summed E-state index contributed by atoms with van der Waals surface area (Å²) < 4.78 is 28.0. The van der Waals surface area contributed by atoms with Crippen molar-refractivity contribution < 1.29 is 13.2 Å². The zero-order chi connectivity index (χ0) is 23.7. The molecule has 0 radical (unpaired) electrons. The summed E-state index contributed by atoms with van der Waals surface area (Å²) in [7, 11) is -3.47. The molecule has 0 unspecified atom stereocenters. The molecule has 0 aliphatic carbocycles. The number of thiazole rings is 1. The van der Waals surface area contributed by atoms with E-state index in [0.717, 1.165) is 34.6 Å². The van der Waals surface area contributed by atoms with E-state index in [1.807, 2.05) is 30.3 Å². The predicted octanol–water partition coefficient (Wildman–Crippen LogP) is 5.35. The largest absolute Gasteiger partial charge is 0.378 e. The van der Waals surface area contributed by atoms with Gasteiger partial charge in [-0.25, -0.2) is 13.4 Å². The SMILES string of the molecule is Cc1ccc2nc(-c3ccc(NCC(=O)c4ccc(S(=O)(=O)N5CCCC5)cc4)cc3)sc2c1. The molecule has 1 aliphatic rings. The minimum atomic E-state index is -3.47. The smallest absolute Gasteiger partial charge is 0.243 e. The number of aryl methyl sites for hydroxylation is 1. The van der Waals surface area contributed by atoms with E-state index < -0.39 is 10.0 Å². The lowest BCUT2D eigenvalue weighted by Gasteiger charge is -2.15. The van der Waals surface area contributed by atoms with Crippen molar-refractivity contribution >= 4 is 43.0 Å². The predicted molar refractivity (Wildman–Crippen MR) is 137 cm³/mol. The average molecular weight is 492 g/mol. The third-order valence-corrected chi connectivity index (χ3v) is 8.99. The number of Topliss-reactive ketones (excluding diaryl/α,β-unsaturated/α-hetero) is 1. The molecule has 8 heteroatoms. The van der Waals surface area contributed by atoms with Gasteiger partial charge >= 0.3 is 0 Å². The first-order valence-electron chi connectivity index (χ1n) is 11.2. The highest BCUT2D eigenvalue weighted by Gasteiger charge is 2.27. The molecule has 1 N–H and O–H groups in total. The lowest BCUT2D eigenvalue weighted by molar-refractivity contribution is 0.101. The molecule has 4 aromatic rings. The maximum atomic E-state index is 12.6. The van der Waals surface area contributed by atoms with Gasteiger partial charge in [-0.05, 0) is 86.0 Å². The fraction of sp³-hybridized carbons (Fsp3) is 0.231. The number of anilines is 1. The van der Waals surface area contributed by atoms with Crippen LogP contribution >= 0.6 is 11.3 Å². The molecular weight excluding hydrogens is 466 g/mol. The first-order valence-corrected chi connectivity index (χ1v) is 13.5. The van der Waals surface area contributed by atoms with Crippen LogP contribution in [-0.4, -0.2) is 43.1 Å². The minimum absolute atomic E-state index is 0.101. The van der Waals surface area contributed by atoms with Crippen molar-refractivity contribution in [2.24, 2.45) is 0 Å². The number of sulfonamides is 1. The second kappa shape index (κ2) is 9.29. The molecule has 0 bridgehead atoms. The van der Waals surface area contributed by atoms with Gasteiger partial charge in [0.05, 0.1) is 21.7 Å². The highest BCUT2D eigenvalue weighted by Crippen LogP contribution is 2.31. The summed E-state index contributed by atoms with van der Waals surface area (Å²) in [5.74, 6) is -0.101. The van der Waals surface area contributed by atoms with Crippen LogP contribution in [0.25, 0.3) is 20.8 Å². The van der Waals surface area contributed by atoms with Crippen LogP contribution in [0, 0.1) is 6.92 Å². The Morgan fingerprint density at radius 2 is 1.71 bits per heavy atom. The molecule has 5 rings (SSSR count). The van der Waals surface area contributed by atoms with E-state index in [9.17, 15) is 13.2 Å². The van der Waals surface area contributed by atoms with Crippen LogP contribution in [0.2, 0.25) is 0 Å². The Morgan fingerprint density at radius 1 is 1.00 bits per heavy atom. The summed E-state index contributed by atoms with van der Waals surface area (Å²) in [5, 5.41) is 4.12. The number of carbonyl (C=O) groups excluding carboxylic acids is 1. The van der Waals surface area contributed by atoms with Gasteiger partial charge < -0.3 is 5.32 Å². The molecule has 0 spiro atoms. The van der Waals surface area contributed by atoms with Crippen molar-refractivity contribution in [3.05, 3.63) is 77.9 Å². The Balaban J connectivity index is 1.22. The summed E-state index contributed by atoms with van der Waals surface area (Å²) >= 11 is 1.67. The van der Waals surface area contributed by atoms with Crippen LogP contribution in [0.4, 0.5) is 5.69 Å². The molecule has 0 saturated carbocycles. The number of nitrogens with one attached hydrogen (secondary N) is 1. The molecular formula is C26H25N3O3S2. The van der Waals surface area contributed by atoms with Gasteiger partial charge in [0.25, 0.3) is 0 Å². The van der Waals surface area contributed by atoms with E-state index in [4.69, 9.17) is 4.98 Å². The number of ketones is 1. The molecule has 1 saturated heterocycles. The number of aromatic nitrogens is 1. The van der Waals surface area contributed by atoms with Gasteiger partial charge in [-0.2, -0.15) is 4.31 Å². The highest BCUT2D eigenvalue weighted by atomic mass is 32.2. The third-order valence-electron chi connectivity index (χ3n) is 6.01. The lowest BCUT2D eigenvalue weighted by Crippen LogP contribution is -2.27. The fourth-order valence-electron chi connectivity index (χ4n) is 4.06. The molecule has 34 heavy (non-hydrogen) atoms. The third kappa shape index (κ3) is 4.61. The van der Waals surface area contributed by atoms with Crippen LogP contribution in [0.3, 0.4) is 0 Å². The van der Waals surface area contributed by atoms with Crippen LogP contribution < -0.4 is 5.32 Å². The number of rotatable bonds is 7. The number of benzene rings is 3. The maximum absolute atomic E-state index is 12.6. The second-order valence-corrected chi connectivity index (χ2v) is 11.4. The first-order chi connectivity index (χ1) is 16.4. The number of fused-ring (bicyclic) bond motifs is 1. The van der Waals surface area contributed by atoms with Gasteiger partial charge in [0.1, 0.15) is 5.01 Å². The van der Waals surface area contributed by atoms with E-state index in [0.29, 0.717) is 18.7 Å². The molecule has 6 nitrogen and oxygen atoms in total. The van der Waals surface area contributed by atoms with Gasteiger partial charge in [-0.3, -0.25) is 4.79 Å². The van der Waals surface area contributed by atoms with E-state index in [1.165, 1.54) is 26.7 Å². The molecule has 3 aromatic carbocycles. The molecule has 2 heterocycles. The van der Waals surface area contributed by atoms with Crippen molar-refractivity contribution in [1.82, 2.24) is 9.29 Å². The molecule has 0 atom stereocenters. The zero-order valence-corrected chi connectivity index (χ0v) is 20.5. The van der Waals surface area contributed by atoms with Crippen molar-refractivity contribution in [2.75, 3.05) is 25.0 Å².